The van der Waals surface area contributed by atoms with Gasteiger partial charge < -0.3 is 14.8 Å². The van der Waals surface area contributed by atoms with Gasteiger partial charge in [-0.3, -0.25) is 4.79 Å². The van der Waals surface area contributed by atoms with Crippen molar-refractivity contribution in [2.75, 3.05) is 11.5 Å². The largest absolute Gasteiger partial charge is 0.481 e. The standard InChI is InChI=1S/C38H42F2N4O5S/c1-23(35(45)46)18-24-8-6-9-25(19-24)38(4)15-7-14-37(2,3)22-50(47,48)17-13-28-27-12-16-41-32(27)21-31(40)33(28)49-26-10-11-30(39)29(20-26)34-42-36(38)43-44(34)5/h6,8-12,16,19-21,23,41H,7,13-15,17-18,22H2,1-5H3,(H,45,46)/i4D3. The number of rotatable bonds is 4. The number of fused-ring (bicyclic) bond motifs is 8. The van der Waals surface area contributed by atoms with Crippen molar-refractivity contribution in [3.05, 3.63) is 94.9 Å². The number of aryl methyl sites for hydroxylation is 2. The van der Waals surface area contributed by atoms with Gasteiger partial charge in [-0.2, -0.15) is 5.10 Å². The molecule has 4 bridgehead atoms. The van der Waals surface area contributed by atoms with Crippen LogP contribution in [0.5, 0.6) is 11.5 Å². The number of aromatic amines is 1. The molecule has 1 aliphatic rings. The summed E-state index contributed by atoms with van der Waals surface area (Å²) in [4.78, 5) is 19.4. The number of aromatic nitrogens is 4. The molecule has 6 rings (SSSR count). The van der Waals surface area contributed by atoms with E-state index in [9.17, 15) is 18.3 Å². The molecule has 1 aliphatic heterocycles. The van der Waals surface area contributed by atoms with Gasteiger partial charge in [-0.05, 0) is 73.3 Å². The second-order valence-electron chi connectivity index (χ2n) is 14.1. The number of carbonyl (C=O) groups is 1. The van der Waals surface area contributed by atoms with E-state index in [2.05, 4.69) is 10.1 Å². The number of carboxylic acids is 1. The maximum atomic E-state index is 15.7. The Morgan fingerprint density at radius 2 is 1.94 bits per heavy atom. The predicted molar refractivity (Wildman–Crippen MR) is 188 cm³/mol. The second kappa shape index (κ2) is 13.3. The molecule has 2 aromatic heterocycles. The number of hydrogen-bond acceptors (Lipinski definition) is 6. The Morgan fingerprint density at radius 1 is 1.14 bits per heavy atom. The molecular formula is C38H42F2N4O5S. The molecule has 0 fully saturated rings. The fourth-order valence-corrected chi connectivity index (χ4v) is 8.85. The summed E-state index contributed by atoms with van der Waals surface area (Å²) in [5.74, 6) is -3.97. The SMILES string of the molecule is [2H]C([2H])([2H])C1(c2cccc(CC(C)C(=O)O)c2)CCCC(C)(C)CS(=O)(=O)CCc2c(c(F)cc3[nH]ccc23)Oc2ccc(F)c(c2)-c2nc1nn2C. The third-order valence-electron chi connectivity index (χ3n) is 9.47. The molecular weight excluding hydrogens is 663 g/mol. The monoisotopic (exact) mass is 707 g/mol. The van der Waals surface area contributed by atoms with Crippen LogP contribution in [-0.4, -0.2) is 50.7 Å². The van der Waals surface area contributed by atoms with Crippen LogP contribution < -0.4 is 4.74 Å². The molecule has 3 heterocycles. The molecule has 0 spiro atoms. The molecule has 2 N–H and O–H groups in total. The van der Waals surface area contributed by atoms with Gasteiger partial charge in [0.25, 0.3) is 0 Å². The number of hydrogen-bond donors (Lipinski definition) is 2. The molecule has 0 amide bonds. The molecule has 12 heteroatoms. The van der Waals surface area contributed by atoms with Gasteiger partial charge in [0.2, 0.25) is 0 Å². The Balaban J connectivity index is 1.57. The molecule has 2 atom stereocenters. The van der Waals surface area contributed by atoms with Gasteiger partial charge in [0.15, 0.2) is 33.1 Å². The normalized spacial score (nSPS) is 21.0. The summed E-state index contributed by atoms with van der Waals surface area (Å²) in [7, 11) is -2.22. The Bertz CT molecular complexity index is 2300. The molecule has 3 aromatic carbocycles. The zero-order valence-corrected chi connectivity index (χ0v) is 29.2. The van der Waals surface area contributed by atoms with Crippen LogP contribution >= 0.6 is 0 Å². The van der Waals surface area contributed by atoms with Gasteiger partial charge in [-0.25, -0.2) is 26.9 Å². The van der Waals surface area contributed by atoms with Crippen molar-refractivity contribution in [1.29, 1.82) is 0 Å². The first-order valence-corrected chi connectivity index (χ1v) is 18.3. The molecule has 5 aromatic rings. The first kappa shape index (κ1) is 31.4. The van der Waals surface area contributed by atoms with Crippen LogP contribution in [0.25, 0.3) is 22.3 Å². The van der Waals surface area contributed by atoms with E-state index in [4.69, 9.17) is 13.8 Å². The summed E-state index contributed by atoms with van der Waals surface area (Å²) in [5, 5.41) is 14.8. The summed E-state index contributed by atoms with van der Waals surface area (Å²) in [6.07, 6.45) is 2.24. The number of sulfone groups is 1. The maximum absolute atomic E-state index is 15.7. The number of benzene rings is 3. The van der Waals surface area contributed by atoms with Crippen molar-refractivity contribution in [2.24, 2.45) is 18.4 Å². The van der Waals surface area contributed by atoms with Crippen LogP contribution in [0.3, 0.4) is 0 Å². The summed E-state index contributed by atoms with van der Waals surface area (Å²) in [6.45, 7) is 2.41. The number of nitrogens with zero attached hydrogens (tertiary/aromatic N) is 3. The molecule has 0 saturated heterocycles. The van der Waals surface area contributed by atoms with E-state index in [0.29, 0.717) is 34.0 Å². The van der Waals surface area contributed by atoms with E-state index in [1.807, 2.05) is 0 Å². The smallest absolute Gasteiger partial charge is 0.306 e. The van der Waals surface area contributed by atoms with Crippen molar-refractivity contribution in [3.63, 3.8) is 0 Å². The van der Waals surface area contributed by atoms with Crippen molar-refractivity contribution in [2.45, 2.75) is 65.1 Å². The number of ether oxygens (including phenoxy) is 1. The number of aliphatic carboxylic acids is 1. The van der Waals surface area contributed by atoms with Crippen molar-refractivity contribution < 1.29 is 35.9 Å². The zero-order valence-electron chi connectivity index (χ0n) is 31.4. The number of carboxylic acid groups (broad SMARTS) is 1. The van der Waals surface area contributed by atoms with Gasteiger partial charge in [0, 0.05) is 39.9 Å². The molecule has 50 heavy (non-hydrogen) atoms. The van der Waals surface area contributed by atoms with Crippen molar-refractivity contribution >= 4 is 26.7 Å². The lowest BCUT2D eigenvalue weighted by atomic mass is 9.75. The number of halogens is 2. The van der Waals surface area contributed by atoms with Crippen LogP contribution in [0.1, 0.15) is 73.5 Å². The molecule has 264 valence electrons. The predicted octanol–water partition coefficient (Wildman–Crippen LogP) is 7.77. The summed E-state index contributed by atoms with van der Waals surface area (Å²) < 4.78 is 93.1. The lowest BCUT2D eigenvalue weighted by Crippen LogP contribution is -2.29. The average Bonchev–Trinajstić information content (AvgIpc) is 3.68. The van der Waals surface area contributed by atoms with Gasteiger partial charge in [0.1, 0.15) is 11.6 Å². The number of nitrogens with one attached hydrogen (secondary N) is 1. The highest BCUT2D eigenvalue weighted by molar-refractivity contribution is 7.91. The summed E-state index contributed by atoms with van der Waals surface area (Å²) >= 11 is 0. The molecule has 0 radical (unpaired) electrons. The third-order valence-corrected chi connectivity index (χ3v) is 11.5. The molecule has 2 unspecified atom stereocenters. The average molecular weight is 708 g/mol. The van der Waals surface area contributed by atoms with Crippen molar-refractivity contribution in [3.8, 4) is 22.9 Å². The Morgan fingerprint density at radius 3 is 2.70 bits per heavy atom. The Hall–Kier alpha value is -4.58. The van der Waals surface area contributed by atoms with E-state index in [-0.39, 0.29) is 65.9 Å². The Labute approximate surface area is 294 Å². The van der Waals surface area contributed by atoms with E-state index in [1.165, 1.54) is 29.9 Å². The van der Waals surface area contributed by atoms with Gasteiger partial charge in [-0.15, -0.1) is 0 Å². The molecule has 0 aliphatic carbocycles. The van der Waals surface area contributed by atoms with Crippen LogP contribution in [0.15, 0.2) is 60.8 Å². The lowest BCUT2D eigenvalue weighted by molar-refractivity contribution is -0.141. The molecule has 0 saturated carbocycles. The Kier molecular flexibility index (Phi) is 8.34. The minimum absolute atomic E-state index is 0.00144. The van der Waals surface area contributed by atoms with Crippen molar-refractivity contribution in [1.82, 2.24) is 19.7 Å². The van der Waals surface area contributed by atoms with E-state index in [1.54, 1.807) is 57.3 Å². The topological polar surface area (TPSA) is 127 Å². The van der Waals surface area contributed by atoms with E-state index in [0.717, 1.165) is 6.07 Å². The minimum atomic E-state index is -3.73. The van der Waals surface area contributed by atoms with E-state index >= 15 is 8.78 Å². The molecule has 9 nitrogen and oxygen atoms in total. The first-order valence-electron chi connectivity index (χ1n) is 18.0. The second-order valence-corrected chi connectivity index (χ2v) is 16.3. The summed E-state index contributed by atoms with van der Waals surface area (Å²) in [6, 6.07) is 13.4. The zero-order chi connectivity index (χ0) is 38.5. The highest BCUT2D eigenvalue weighted by atomic mass is 32.2. The quantitative estimate of drug-likeness (QED) is 0.195. The number of H-pyrrole nitrogens is 1. The summed E-state index contributed by atoms with van der Waals surface area (Å²) in [5.41, 5.74) is -0.998. The van der Waals surface area contributed by atoms with Crippen LogP contribution in [0, 0.1) is 23.0 Å². The van der Waals surface area contributed by atoms with Gasteiger partial charge >= 0.3 is 5.97 Å². The van der Waals surface area contributed by atoms with Crippen LogP contribution in [0.2, 0.25) is 0 Å². The minimum Gasteiger partial charge on any atom is -0.481 e. The lowest BCUT2D eigenvalue weighted by Gasteiger charge is -2.31. The highest BCUT2D eigenvalue weighted by Crippen LogP contribution is 2.41. The van der Waals surface area contributed by atoms with Crippen LogP contribution in [-0.2, 0) is 39.9 Å². The van der Waals surface area contributed by atoms with E-state index < -0.39 is 51.0 Å². The fourth-order valence-electron chi connectivity index (χ4n) is 6.86. The third kappa shape index (κ3) is 7.17. The first-order chi connectivity index (χ1) is 24.8. The van der Waals surface area contributed by atoms with Gasteiger partial charge in [0.05, 0.1) is 28.4 Å². The highest BCUT2D eigenvalue weighted by Gasteiger charge is 2.36. The fraction of sp³-hybridized carbons (Fsp3) is 0.395. The maximum Gasteiger partial charge on any atom is 0.306 e. The van der Waals surface area contributed by atoms with Gasteiger partial charge in [-0.1, -0.05) is 51.5 Å². The van der Waals surface area contributed by atoms with Crippen LogP contribution in [0.4, 0.5) is 8.78 Å².